The highest BCUT2D eigenvalue weighted by Gasteiger charge is 2.21. The average molecular weight is 455 g/mol. The molecule has 11 heteroatoms. The second kappa shape index (κ2) is 8.50. The zero-order chi connectivity index (χ0) is 23.0. The largest absolute Gasteiger partial charge is 0.493 e. The lowest BCUT2D eigenvalue weighted by molar-refractivity contribution is 0.415. The van der Waals surface area contributed by atoms with E-state index in [0.29, 0.717) is 28.0 Å². The van der Waals surface area contributed by atoms with Crippen LogP contribution in [0.4, 0.5) is 27.7 Å². The first-order valence-electron chi connectivity index (χ1n) is 9.78. The van der Waals surface area contributed by atoms with Crippen molar-refractivity contribution in [2.45, 2.75) is 24.8 Å². The first kappa shape index (κ1) is 21.6. The minimum Gasteiger partial charge on any atom is -0.493 e. The van der Waals surface area contributed by atoms with E-state index in [2.05, 4.69) is 20.3 Å². The van der Waals surface area contributed by atoms with Crippen molar-refractivity contribution in [3.8, 4) is 17.0 Å². The molecule has 3 heterocycles. The van der Waals surface area contributed by atoms with E-state index in [1.807, 2.05) is 26.2 Å². The predicted molar refractivity (Wildman–Crippen MR) is 126 cm³/mol. The Morgan fingerprint density at radius 3 is 2.59 bits per heavy atom. The number of nitrogen functional groups attached to an aromatic ring is 2. The number of thioether (sulfide) groups is 1. The summed E-state index contributed by atoms with van der Waals surface area (Å²) in [5.41, 5.74) is 14.2. The maximum Gasteiger partial charge on any atom is 0.231 e. The number of pyridine rings is 1. The summed E-state index contributed by atoms with van der Waals surface area (Å²) in [4.78, 5) is 13.9. The SMILES string of the molecule is COc1cc(-c2nn(C(C)C)c3nc(Nc4ccc(SC)cc4F)nc(N)c23)cnc1N. The predicted octanol–water partition coefficient (Wildman–Crippen LogP) is 4.25. The van der Waals surface area contributed by atoms with Crippen LogP contribution in [0, 0.1) is 5.82 Å². The minimum atomic E-state index is -0.405. The number of fused-ring (bicyclic) bond motifs is 1. The molecule has 0 bridgehead atoms. The summed E-state index contributed by atoms with van der Waals surface area (Å²) in [6.07, 6.45) is 3.48. The molecule has 4 rings (SSSR count). The summed E-state index contributed by atoms with van der Waals surface area (Å²) in [5, 5.41) is 8.19. The standard InChI is InChI=1S/C21H23FN8OS/c1-10(2)30-20-16(17(29-30)11-7-15(31-3)18(23)25-9-11)19(24)27-21(28-20)26-14-6-5-12(32-4)8-13(14)22/h5-10H,1-4H3,(H2,23,25)(H3,24,26,27,28). The molecule has 9 nitrogen and oxygen atoms in total. The Morgan fingerprint density at radius 1 is 1.16 bits per heavy atom. The van der Waals surface area contributed by atoms with Crippen LogP contribution >= 0.6 is 11.8 Å². The Labute approximate surface area is 188 Å². The molecule has 0 atom stereocenters. The van der Waals surface area contributed by atoms with Gasteiger partial charge in [-0.1, -0.05) is 0 Å². The highest BCUT2D eigenvalue weighted by Crippen LogP contribution is 2.35. The molecule has 166 valence electrons. The average Bonchev–Trinajstić information content (AvgIpc) is 3.16. The number of hydrogen-bond acceptors (Lipinski definition) is 9. The zero-order valence-electron chi connectivity index (χ0n) is 18.0. The monoisotopic (exact) mass is 454 g/mol. The Bertz CT molecular complexity index is 1310. The number of rotatable bonds is 6. The number of methoxy groups -OCH3 is 1. The molecule has 0 aliphatic rings. The second-order valence-corrected chi connectivity index (χ2v) is 8.18. The Morgan fingerprint density at radius 2 is 1.94 bits per heavy atom. The van der Waals surface area contributed by atoms with Crippen molar-refractivity contribution in [1.29, 1.82) is 0 Å². The maximum absolute atomic E-state index is 14.5. The number of hydrogen-bond donors (Lipinski definition) is 3. The molecule has 1 aromatic carbocycles. The van der Waals surface area contributed by atoms with Gasteiger partial charge in [0.1, 0.15) is 17.3 Å². The summed E-state index contributed by atoms with van der Waals surface area (Å²) in [5.74, 6) is 0.673. The van der Waals surface area contributed by atoms with Crippen LogP contribution in [0.5, 0.6) is 5.75 Å². The second-order valence-electron chi connectivity index (χ2n) is 7.30. The molecule has 0 aliphatic carbocycles. The lowest BCUT2D eigenvalue weighted by Crippen LogP contribution is -2.07. The van der Waals surface area contributed by atoms with Crippen molar-refractivity contribution < 1.29 is 9.13 Å². The van der Waals surface area contributed by atoms with Gasteiger partial charge in [-0.2, -0.15) is 15.1 Å². The molecule has 0 saturated carbocycles. The van der Waals surface area contributed by atoms with E-state index >= 15 is 0 Å². The van der Waals surface area contributed by atoms with Gasteiger partial charge in [-0.3, -0.25) is 0 Å². The Kier molecular flexibility index (Phi) is 5.74. The third kappa shape index (κ3) is 3.86. The number of nitrogens with one attached hydrogen (secondary N) is 1. The van der Waals surface area contributed by atoms with Gasteiger partial charge in [-0.05, 0) is 44.4 Å². The van der Waals surface area contributed by atoms with Gasteiger partial charge in [-0.25, -0.2) is 14.1 Å². The molecular weight excluding hydrogens is 431 g/mol. The number of benzene rings is 1. The van der Waals surface area contributed by atoms with Gasteiger partial charge < -0.3 is 21.5 Å². The van der Waals surface area contributed by atoms with Crippen LogP contribution < -0.4 is 21.5 Å². The molecule has 0 aliphatic heterocycles. The van der Waals surface area contributed by atoms with Gasteiger partial charge in [0.15, 0.2) is 17.2 Å². The van der Waals surface area contributed by atoms with Crippen LogP contribution in [0.1, 0.15) is 19.9 Å². The van der Waals surface area contributed by atoms with Crippen LogP contribution in [-0.4, -0.2) is 38.1 Å². The third-order valence-corrected chi connectivity index (χ3v) is 5.59. The maximum atomic E-state index is 14.5. The lowest BCUT2D eigenvalue weighted by Gasteiger charge is -2.10. The van der Waals surface area contributed by atoms with Crippen molar-refractivity contribution in [3.05, 3.63) is 36.3 Å². The van der Waals surface area contributed by atoms with Crippen LogP contribution in [0.2, 0.25) is 0 Å². The van der Waals surface area contributed by atoms with Crippen LogP contribution in [0.25, 0.3) is 22.3 Å². The summed E-state index contributed by atoms with van der Waals surface area (Å²) < 4.78 is 21.5. The van der Waals surface area contributed by atoms with Crippen molar-refractivity contribution in [2.75, 3.05) is 30.1 Å². The Balaban J connectivity index is 1.84. The number of nitrogens with zero attached hydrogens (tertiary/aromatic N) is 5. The molecule has 0 amide bonds. The molecule has 0 saturated heterocycles. The van der Waals surface area contributed by atoms with Crippen LogP contribution in [0.3, 0.4) is 0 Å². The fraction of sp³-hybridized carbons (Fsp3) is 0.238. The molecule has 32 heavy (non-hydrogen) atoms. The first-order valence-corrected chi connectivity index (χ1v) is 11.0. The van der Waals surface area contributed by atoms with Crippen molar-refractivity contribution in [3.63, 3.8) is 0 Å². The van der Waals surface area contributed by atoms with Gasteiger partial charge in [0.05, 0.1) is 18.2 Å². The zero-order valence-corrected chi connectivity index (χ0v) is 18.9. The molecule has 0 fully saturated rings. The molecule has 0 spiro atoms. The number of ether oxygens (including phenoxy) is 1. The summed E-state index contributed by atoms with van der Waals surface area (Å²) in [6.45, 7) is 3.95. The molecule has 5 N–H and O–H groups in total. The summed E-state index contributed by atoms with van der Waals surface area (Å²) in [7, 11) is 1.52. The first-order chi connectivity index (χ1) is 15.3. The third-order valence-electron chi connectivity index (χ3n) is 4.87. The van der Waals surface area contributed by atoms with E-state index in [1.165, 1.54) is 24.9 Å². The van der Waals surface area contributed by atoms with Gasteiger partial charge in [-0.15, -0.1) is 11.8 Å². The quantitative estimate of drug-likeness (QED) is 0.366. The molecule has 0 radical (unpaired) electrons. The number of nitrogens with two attached hydrogens (primary N) is 2. The van der Waals surface area contributed by atoms with Crippen molar-refractivity contribution in [2.24, 2.45) is 0 Å². The smallest absolute Gasteiger partial charge is 0.231 e. The fourth-order valence-electron chi connectivity index (χ4n) is 3.27. The number of anilines is 4. The lowest BCUT2D eigenvalue weighted by atomic mass is 10.1. The molecule has 4 aromatic rings. The van der Waals surface area contributed by atoms with Gasteiger partial charge in [0.2, 0.25) is 5.95 Å². The van der Waals surface area contributed by atoms with Crippen molar-refractivity contribution >= 4 is 46.1 Å². The highest BCUT2D eigenvalue weighted by molar-refractivity contribution is 7.98. The Hall–Kier alpha value is -3.60. The summed E-state index contributed by atoms with van der Waals surface area (Å²) in [6, 6.07) is 6.63. The number of halogens is 1. The minimum absolute atomic E-state index is 0.0189. The number of aromatic nitrogens is 5. The topological polar surface area (TPSA) is 130 Å². The summed E-state index contributed by atoms with van der Waals surface area (Å²) >= 11 is 1.46. The van der Waals surface area contributed by atoms with Crippen LogP contribution in [-0.2, 0) is 0 Å². The van der Waals surface area contributed by atoms with E-state index < -0.39 is 5.82 Å². The fourth-order valence-corrected chi connectivity index (χ4v) is 3.70. The van der Waals surface area contributed by atoms with E-state index in [4.69, 9.17) is 21.3 Å². The molecular formula is C21H23FN8OS. The highest BCUT2D eigenvalue weighted by atomic mass is 32.2. The van der Waals surface area contributed by atoms with E-state index in [-0.39, 0.29) is 29.3 Å². The normalized spacial score (nSPS) is 11.3. The molecule has 3 aromatic heterocycles. The van der Waals surface area contributed by atoms with E-state index in [1.54, 1.807) is 23.0 Å². The van der Waals surface area contributed by atoms with E-state index in [0.717, 1.165) is 4.90 Å². The van der Waals surface area contributed by atoms with Gasteiger partial charge in [0.25, 0.3) is 0 Å². The molecule has 0 unspecified atom stereocenters. The van der Waals surface area contributed by atoms with Gasteiger partial charge in [0, 0.05) is 22.7 Å². The van der Waals surface area contributed by atoms with Gasteiger partial charge >= 0.3 is 0 Å². The van der Waals surface area contributed by atoms with E-state index in [9.17, 15) is 4.39 Å². The van der Waals surface area contributed by atoms with Crippen molar-refractivity contribution in [1.82, 2.24) is 24.7 Å². The van der Waals surface area contributed by atoms with Crippen LogP contribution in [0.15, 0.2) is 35.4 Å².